The Labute approximate surface area is 339 Å². The van der Waals surface area contributed by atoms with E-state index in [1.807, 2.05) is 6.07 Å². The first kappa shape index (κ1) is 34.4. The fourth-order valence-corrected chi connectivity index (χ4v) is 9.80. The van der Waals surface area contributed by atoms with E-state index in [4.69, 9.17) is 4.42 Å². The molecule has 1 aliphatic carbocycles. The van der Waals surface area contributed by atoms with Crippen LogP contribution in [0.2, 0.25) is 0 Å². The van der Waals surface area contributed by atoms with E-state index in [0.29, 0.717) is 5.92 Å². The molecule has 58 heavy (non-hydrogen) atoms. The zero-order valence-electron chi connectivity index (χ0n) is 32.4. The van der Waals surface area contributed by atoms with Crippen LogP contribution in [-0.2, 0) is 0 Å². The number of anilines is 3. The summed E-state index contributed by atoms with van der Waals surface area (Å²) in [6.07, 6.45) is 6.45. The monoisotopic (exact) mass is 745 g/mol. The van der Waals surface area contributed by atoms with Crippen molar-refractivity contribution >= 4 is 60.5 Å². The van der Waals surface area contributed by atoms with Crippen LogP contribution in [0.3, 0.4) is 0 Å². The molecule has 1 fully saturated rings. The van der Waals surface area contributed by atoms with E-state index in [0.717, 1.165) is 50.1 Å². The van der Waals surface area contributed by atoms with E-state index >= 15 is 0 Å². The van der Waals surface area contributed by atoms with Gasteiger partial charge >= 0.3 is 0 Å². The molecule has 11 rings (SSSR count). The second-order valence-electron chi connectivity index (χ2n) is 15.8. The molecule has 0 spiro atoms. The van der Waals surface area contributed by atoms with Crippen molar-refractivity contribution in [2.75, 3.05) is 4.90 Å². The quantitative estimate of drug-likeness (QED) is 0.162. The number of benzene rings is 9. The number of para-hydroxylation sites is 4. The van der Waals surface area contributed by atoms with Gasteiger partial charge in [-0.15, -0.1) is 0 Å². The van der Waals surface area contributed by atoms with Crippen LogP contribution in [0.15, 0.2) is 199 Å². The molecule has 0 atom stereocenters. The Morgan fingerprint density at radius 1 is 0.379 bits per heavy atom. The molecule has 0 unspecified atom stereocenters. The predicted octanol–water partition coefficient (Wildman–Crippen LogP) is 16.4. The standard InChI is InChI=1S/C56H43NO/c1-2-17-39(18-3-1)44-28-15-21-40-22-16-30-49(56(40)44)47-26-8-12-33-53(47)57(52-32-11-7-25-46(52)45-29-14-20-38-19-4-5-23-42(38)45)51-31-10-6-24-43(51)41-35-36-55-50(37-41)48-27-9-13-34-54(48)58-55/h4-16,19-37,39H,1-3,17-18H2. The van der Waals surface area contributed by atoms with Crippen molar-refractivity contribution in [2.24, 2.45) is 0 Å². The molecule has 0 radical (unpaired) electrons. The summed E-state index contributed by atoms with van der Waals surface area (Å²) in [5.74, 6) is 0.573. The topological polar surface area (TPSA) is 16.4 Å². The summed E-state index contributed by atoms with van der Waals surface area (Å²) < 4.78 is 6.30. The summed E-state index contributed by atoms with van der Waals surface area (Å²) >= 11 is 0. The normalized spacial score (nSPS) is 13.4. The summed E-state index contributed by atoms with van der Waals surface area (Å²) in [5.41, 5.74) is 13.9. The van der Waals surface area contributed by atoms with Gasteiger partial charge in [0.05, 0.1) is 17.1 Å². The molecule has 1 heterocycles. The van der Waals surface area contributed by atoms with Crippen molar-refractivity contribution in [2.45, 2.75) is 38.0 Å². The molecule has 1 saturated carbocycles. The van der Waals surface area contributed by atoms with Gasteiger partial charge in [0.15, 0.2) is 0 Å². The van der Waals surface area contributed by atoms with Crippen LogP contribution < -0.4 is 4.90 Å². The third-order valence-corrected chi connectivity index (χ3v) is 12.5. The zero-order valence-corrected chi connectivity index (χ0v) is 32.4. The average Bonchev–Trinajstić information content (AvgIpc) is 3.67. The fraction of sp³-hybridized carbons (Fsp3) is 0.107. The Hall–Kier alpha value is -6.90. The third kappa shape index (κ3) is 5.87. The lowest BCUT2D eigenvalue weighted by molar-refractivity contribution is 0.445. The Kier molecular flexibility index (Phi) is 8.62. The van der Waals surface area contributed by atoms with E-state index in [1.54, 1.807) is 0 Å². The van der Waals surface area contributed by atoms with Crippen LogP contribution in [-0.4, -0.2) is 0 Å². The number of rotatable bonds is 7. The summed E-state index contributed by atoms with van der Waals surface area (Å²) in [6, 6.07) is 71.2. The SMILES string of the molecule is c1ccc(N(c2ccccc2-c2cccc3ccccc23)c2ccccc2-c2cccc3cccc(C4CCCCC4)c23)c(-c2ccc3oc4ccccc4c3c2)c1. The fourth-order valence-electron chi connectivity index (χ4n) is 9.80. The minimum absolute atomic E-state index is 0.573. The number of fused-ring (bicyclic) bond motifs is 5. The second kappa shape index (κ2) is 14.6. The highest BCUT2D eigenvalue weighted by molar-refractivity contribution is 6.09. The molecule has 0 N–H and O–H groups in total. The van der Waals surface area contributed by atoms with Crippen molar-refractivity contribution in [1.82, 2.24) is 0 Å². The average molecular weight is 746 g/mol. The summed E-state index contributed by atoms with van der Waals surface area (Å²) in [4.78, 5) is 2.53. The first-order chi connectivity index (χ1) is 28.8. The van der Waals surface area contributed by atoms with Gasteiger partial charge in [-0.2, -0.15) is 0 Å². The van der Waals surface area contributed by atoms with E-state index in [-0.39, 0.29) is 0 Å². The molecule has 0 saturated heterocycles. The highest BCUT2D eigenvalue weighted by atomic mass is 16.3. The van der Waals surface area contributed by atoms with E-state index in [2.05, 4.69) is 193 Å². The van der Waals surface area contributed by atoms with Gasteiger partial charge < -0.3 is 9.32 Å². The van der Waals surface area contributed by atoms with Gasteiger partial charge in [-0.05, 0) is 99.0 Å². The van der Waals surface area contributed by atoms with Crippen LogP contribution in [0.25, 0.3) is 76.9 Å². The Bertz CT molecular complexity index is 3120. The molecule has 0 bridgehead atoms. The van der Waals surface area contributed by atoms with Crippen molar-refractivity contribution in [1.29, 1.82) is 0 Å². The summed E-state index contributed by atoms with van der Waals surface area (Å²) in [5, 5.41) is 7.41. The lowest BCUT2D eigenvalue weighted by Crippen LogP contribution is -2.14. The summed E-state index contributed by atoms with van der Waals surface area (Å²) in [6.45, 7) is 0. The van der Waals surface area contributed by atoms with Gasteiger partial charge in [0.2, 0.25) is 0 Å². The van der Waals surface area contributed by atoms with Crippen molar-refractivity contribution < 1.29 is 4.42 Å². The molecule has 0 aliphatic heterocycles. The van der Waals surface area contributed by atoms with E-state index < -0.39 is 0 Å². The largest absolute Gasteiger partial charge is 0.456 e. The summed E-state index contributed by atoms with van der Waals surface area (Å²) in [7, 11) is 0. The van der Waals surface area contributed by atoms with Crippen LogP contribution in [0.5, 0.6) is 0 Å². The molecular weight excluding hydrogens is 703 g/mol. The minimum Gasteiger partial charge on any atom is -0.456 e. The maximum Gasteiger partial charge on any atom is 0.135 e. The Morgan fingerprint density at radius 2 is 0.914 bits per heavy atom. The Morgan fingerprint density at radius 3 is 1.69 bits per heavy atom. The molecule has 10 aromatic rings. The van der Waals surface area contributed by atoms with E-state index in [1.165, 1.54) is 81.5 Å². The highest BCUT2D eigenvalue weighted by Gasteiger charge is 2.26. The maximum absolute atomic E-state index is 6.30. The van der Waals surface area contributed by atoms with Gasteiger partial charge in [0.25, 0.3) is 0 Å². The van der Waals surface area contributed by atoms with Crippen LogP contribution in [0.4, 0.5) is 17.1 Å². The molecule has 9 aromatic carbocycles. The van der Waals surface area contributed by atoms with Gasteiger partial charge in [-0.3, -0.25) is 0 Å². The number of hydrogen-bond donors (Lipinski definition) is 0. The van der Waals surface area contributed by atoms with Crippen LogP contribution in [0, 0.1) is 0 Å². The van der Waals surface area contributed by atoms with Gasteiger partial charge in [-0.25, -0.2) is 0 Å². The van der Waals surface area contributed by atoms with E-state index in [9.17, 15) is 0 Å². The first-order valence-corrected chi connectivity index (χ1v) is 20.8. The lowest BCUT2D eigenvalue weighted by atomic mass is 9.80. The number of nitrogens with zero attached hydrogens (tertiary/aromatic N) is 1. The zero-order chi connectivity index (χ0) is 38.4. The molecular formula is C56H43NO. The predicted molar refractivity (Wildman–Crippen MR) is 246 cm³/mol. The smallest absolute Gasteiger partial charge is 0.135 e. The number of furan rings is 1. The molecule has 1 aromatic heterocycles. The lowest BCUT2D eigenvalue weighted by Gasteiger charge is -2.32. The van der Waals surface area contributed by atoms with Crippen LogP contribution >= 0.6 is 0 Å². The van der Waals surface area contributed by atoms with Crippen molar-refractivity contribution in [3.63, 3.8) is 0 Å². The maximum atomic E-state index is 6.30. The van der Waals surface area contributed by atoms with Crippen molar-refractivity contribution in [3.8, 4) is 33.4 Å². The van der Waals surface area contributed by atoms with Gasteiger partial charge in [0, 0.05) is 27.5 Å². The molecule has 278 valence electrons. The molecule has 2 heteroatoms. The Balaban J connectivity index is 1.19. The first-order valence-electron chi connectivity index (χ1n) is 20.8. The number of hydrogen-bond acceptors (Lipinski definition) is 2. The molecule has 0 amide bonds. The third-order valence-electron chi connectivity index (χ3n) is 12.5. The van der Waals surface area contributed by atoms with Gasteiger partial charge in [0.1, 0.15) is 11.2 Å². The molecule has 1 aliphatic rings. The minimum atomic E-state index is 0.573. The van der Waals surface area contributed by atoms with Crippen LogP contribution in [0.1, 0.15) is 43.6 Å². The van der Waals surface area contributed by atoms with Gasteiger partial charge in [-0.1, -0.05) is 177 Å². The molecule has 2 nitrogen and oxygen atoms in total. The van der Waals surface area contributed by atoms with Crippen molar-refractivity contribution in [3.05, 3.63) is 200 Å². The second-order valence-corrected chi connectivity index (χ2v) is 15.8. The highest BCUT2D eigenvalue weighted by Crippen LogP contribution is 2.50.